The lowest BCUT2D eigenvalue weighted by molar-refractivity contribution is 0.0772. The van der Waals surface area contributed by atoms with Crippen LogP contribution in [0.5, 0.6) is 0 Å². The largest absolute Gasteiger partial charge is 0.390 e. The molecule has 0 radical (unpaired) electrons. The first-order chi connectivity index (χ1) is 5.63. The summed E-state index contributed by atoms with van der Waals surface area (Å²) in [6, 6.07) is 0. The lowest BCUT2D eigenvalue weighted by Crippen LogP contribution is -2.39. The summed E-state index contributed by atoms with van der Waals surface area (Å²) in [5, 5.41) is 9.69. The summed E-state index contributed by atoms with van der Waals surface area (Å²) in [6.45, 7) is 6.98. The SMILES string of the molecule is CCS(=O)(=O)[C@H](Br)[C@H](O)C(C)(C)C. The number of hydrogen-bond donors (Lipinski definition) is 1. The van der Waals surface area contributed by atoms with Crippen LogP contribution in [0.4, 0.5) is 0 Å². The first kappa shape index (κ1) is 13.4. The molecule has 13 heavy (non-hydrogen) atoms. The molecule has 0 aliphatic carbocycles. The Labute approximate surface area is 88.6 Å². The summed E-state index contributed by atoms with van der Waals surface area (Å²) in [6.07, 6.45) is -0.891. The fraction of sp³-hybridized carbons (Fsp3) is 1.00. The third-order valence-corrected chi connectivity index (χ3v) is 5.84. The van der Waals surface area contributed by atoms with Crippen molar-refractivity contribution < 1.29 is 13.5 Å². The summed E-state index contributed by atoms with van der Waals surface area (Å²) in [5.41, 5.74) is -0.434. The molecule has 0 saturated heterocycles. The van der Waals surface area contributed by atoms with E-state index in [1.807, 2.05) is 0 Å². The third-order valence-electron chi connectivity index (χ3n) is 1.88. The fourth-order valence-corrected chi connectivity index (χ4v) is 3.45. The lowest BCUT2D eigenvalue weighted by Gasteiger charge is -2.29. The van der Waals surface area contributed by atoms with E-state index in [4.69, 9.17) is 0 Å². The second-order valence-corrected chi connectivity index (χ2v) is 8.12. The minimum Gasteiger partial charge on any atom is -0.390 e. The molecular weight excluding hydrogens is 256 g/mol. The maximum Gasteiger partial charge on any atom is 0.165 e. The van der Waals surface area contributed by atoms with Crippen LogP contribution in [-0.4, -0.2) is 29.5 Å². The molecule has 5 heteroatoms. The minimum atomic E-state index is -3.21. The first-order valence-corrected chi connectivity index (χ1v) is 6.79. The van der Waals surface area contributed by atoms with Crippen molar-refractivity contribution in [2.75, 3.05) is 5.75 Å². The zero-order valence-corrected chi connectivity index (χ0v) is 10.8. The molecule has 0 heterocycles. The predicted octanol–water partition coefficient (Wildman–Crippen LogP) is 1.55. The van der Waals surface area contributed by atoms with Crippen LogP contribution in [-0.2, 0) is 9.84 Å². The maximum atomic E-state index is 11.4. The predicted molar refractivity (Wildman–Crippen MR) is 57.6 cm³/mol. The molecule has 0 unspecified atom stereocenters. The van der Waals surface area contributed by atoms with Crippen molar-refractivity contribution in [3.8, 4) is 0 Å². The molecule has 0 aliphatic rings. The molecule has 3 nitrogen and oxygen atoms in total. The van der Waals surface area contributed by atoms with E-state index in [0.29, 0.717) is 0 Å². The van der Waals surface area contributed by atoms with Gasteiger partial charge in [0.1, 0.15) is 4.16 Å². The zero-order valence-electron chi connectivity index (χ0n) is 8.41. The van der Waals surface area contributed by atoms with Crippen LogP contribution in [0.15, 0.2) is 0 Å². The highest BCUT2D eigenvalue weighted by Crippen LogP contribution is 2.28. The van der Waals surface area contributed by atoms with Crippen molar-refractivity contribution >= 4 is 25.8 Å². The van der Waals surface area contributed by atoms with Crippen molar-refractivity contribution in [2.45, 2.75) is 38.0 Å². The third kappa shape index (κ3) is 3.56. The standard InChI is InChI=1S/C8H17BrO3S/c1-5-13(11,12)7(9)6(10)8(2,3)4/h6-7,10H,5H2,1-4H3/t6-,7-/m0/s1. The molecule has 0 aromatic carbocycles. The number of hydrogen-bond acceptors (Lipinski definition) is 3. The summed E-state index contributed by atoms with van der Waals surface area (Å²) in [5.74, 6) is 0.0378. The number of aliphatic hydroxyl groups excluding tert-OH is 1. The normalized spacial score (nSPS) is 18.3. The topological polar surface area (TPSA) is 54.4 Å². The molecule has 0 rings (SSSR count). The van der Waals surface area contributed by atoms with Crippen molar-refractivity contribution in [1.29, 1.82) is 0 Å². The molecule has 0 spiro atoms. The van der Waals surface area contributed by atoms with Crippen molar-refractivity contribution in [3.63, 3.8) is 0 Å². The number of rotatable bonds is 3. The second kappa shape index (κ2) is 4.28. The molecule has 0 aromatic rings. The average Bonchev–Trinajstić information content (AvgIpc) is 2.00. The van der Waals surface area contributed by atoms with Gasteiger partial charge in [-0.05, 0) is 5.41 Å². The highest BCUT2D eigenvalue weighted by molar-refractivity contribution is 9.11. The average molecular weight is 273 g/mol. The van der Waals surface area contributed by atoms with Gasteiger partial charge in [0.25, 0.3) is 0 Å². The summed E-state index contributed by atoms with van der Waals surface area (Å²) in [4.78, 5) is 0. The van der Waals surface area contributed by atoms with Gasteiger partial charge in [0.2, 0.25) is 0 Å². The number of halogens is 1. The Morgan fingerprint density at radius 2 is 1.77 bits per heavy atom. The summed E-state index contributed by atoms with van der Waals surface area (Å²) < 4.78 is 21.9. The molecule has 80 valence electrons. The number of alkyl halides is 1. The van der Waals surface area contributed by atoms with E-state index >= 15 is 0 Å². The van der Waals surface area contributed by atoms with E-state index in [1.54, 1.807) is 27.7 Å². The highest BCUT2D eigenvalue weighted by Gasteiger charge is 2.36. The Bertz CT molecular complexity index is 253. The van der Waals surface area contributed by atoms with Crippen molar-refractivity contribution in [2.24, 2.45) is 5.41 Å². The second-order valence-electron chi connectivity index (χ2n) is 4.11. The molecule has 0 saturated carbocycles. The van der Waals surface area contributed by atoms with Gasteiger partial charge >= 0.3 is 0 Å². The van der Waals surface area contributed by atoms with E-state index in [2.05, 4.69) is 15.9 Å². The van der Waals surface area contributed by atoms with Gasteiger partial charge in [-0.15, -0.1) is 0 Å². The van der Waals surface area contributed by atoms with Crippen LogP contribution in [0.3, 0.4) is 0 Å². The van der Waals surface area contributed by atoms with E-state index < -0.39 is 25.5 Å². The Morgan fingerprint density at radius 1 is 1.38 bits per heavy atom. The smallest absolute Gasteiger partial charge is 0.165 e. The Hall–Kier alpha value is 0.390. The number of aliphatic hydroxyl groups is 1. The Balaban J connectivity index is 4.73. The van der Waals surface area contributed by atoms with E-state index in [0.717, 1.165) is 0 Å². The zero-order chi connectivity index (χ0) is 10.9. The van der Waals surface area contributed by atoms with Crippen LogP contribution < -0.4 is 0 Å². The van der Waals surface area contributed by atoms with E-state index in [-0.39, 0.29) is 5.75 Å². The molecule has 0 aliphatic heterocycles. The van der Waals surface area contributed by atoms with Gasteiger partial charge in [-0.3, -0.25) is 0 Å². The monoisotopic (exact) mass is 272 g/mol. The van der Waals surface area contributed by atoms with Gasteiger partial charge in [-0.25, -0.2) is 8.42 Å². The van der Waals surface area contributed by atoms with Crippen LogP contribution in [0, 0.1) is 5.41 Å². The van der Waals surface area contributed by atoms with Gasteiger partial charge in [0, 0.05) is 5.75 Å². The van der Waals surface area contributed by atoms with Gasteiger partial charge in [-0.2, -0.15) is 0 Å². The number of sulfone groups is 1. The Kier molecular flexibility index (Phi) is 4.40. The Morgan fingerprint density at radius 3 is 2.00 bits per heavy atom. The van der Waals surface area contributed by atoms with Crippen LogP contribution in [0.2, 0.25) is 0 Å². The lowest BCUT2D eigenvalue weighted by atomic mass is 9.90. The molecule has 0 aromatic heterocycles. The first-order valence-electron chi connectivity index (χ1n) is 4.16. The molecule has 0 bridgehead atoms. The van der Waals surface area contributed by atoms with E-state index in [9.17, 15) is 13.5 Å². The van der Waals surface area contributed by atoms with Gasteiger partial charge < -0.3 is 5.11 Å². The van der Waals surface area contributed by atoms with Gasteiger partial charge in [0.05, 0.1) is 6.10 Å². The van der Waals surface area contributed by atoms with Crippen LogP contribution >= 0.6 is 15.9 Å². The molecular formula is C8H17BrO3S. The van der Waals surface area contributed by atoms with Crippen molar-refractivity contribution in [3.05, 3.63) is 0 Å². The maximum absolute atomic E-state index is 11.4. The molecule has 0 amide bonds. The van der Waals surface area contributed by atoms with Crippen LogP contribution in [0.1, 0.15) is 27.7 Å². The summed E-state index contributed by atoms with van der Waals surface area (Å²) in [7, 11) is -3.21. The molecule has 1 N–H and O–H groups in total. The molecule has 2 atom stereocenters. The molecule has 0 fully saturated rings. The highest BCUT2D eigenvalue weighted by atomic mass is 79.9. The van der Waals surface area contributed by atoms with Gasteiger partial charge in [-0.1, -0.05) is 43.6 Å². The quantitative estimate of drug-likeness (QED) is 0.794. The van der Waals surface area contributed by atoms with Crippen molar-refractivity contribution in [1.82, 2.24) is 0 Å². The minimum absolute atomic E-state index is 0.0378. The summed E-state index contributed by atoms with van der Waals surface area (Å²) >= 11 is 3.02. The van der Waals surface area contributed by atoms with Crippen LogP contribution in [0.25, 0.3) is 0 Å². The fourth-order valence-electron chi connectivity index (χ4n) is 0.749. The van der Waals surface area contributed by atoms with E-state index in [1.165, 1.54) is 0 Å². The van der Waals surface area contributed by atoms with Gasteiger partial charge in [0.15, 0.2) is 9.84 Å².